The zero-order valence-electron chi connectivity index (χ0n) is 12.9. The van der Waals surface area contributed by atoms with Crippen LogP contribution in [0, 0.1) is 41.5 Å². The summed E-state index contributed by atoms with van der Waals surface area (Å²) in [7, 11) is 1.43. The lowest BCUT2D eigenvalue weighted by Crippen LogP contribution is -1.98. The van der Waals surface area contributed by atoms with Crippen LogP contribution in [0.4, 0.5) is 0 Å². The summed E-state index contributed by atoms with van der Waals surface area (Å²) in [5.74, 6) is 0.580. The quantitative estimate of drug-likeness (QED) is 0.816. The Labute approximate surface area is 114 Å². The van der Waals surface area contributed by atoms with Crippen LogP contribution in [0.5, 0.6) is 0 Å². The zero-order chi connectivity index (χ0) is 14.5. The molecule has 104 valence electrons. The smallest absolute Gasteiger partial charge is 0.154 e. The first-order valence-corrected chi connectivity index (χ1v) is 7.48. The van der Waals surface area contributed by atoms with Crippen LogP contribution in [0.15, 0.2) is 0 Å². The van der Waals surface area contributed by atoms with Crippen molar-refractivity contribution in [2.75, 3.05) is 12.9 Å². The monoisotopic (exact) mass is 270 g/mol. The molecule has 0 N–H and O–H groups in total. The van der Waals surface area contributed by atoms with Gasteiger partial charge >= 0.3 is 0 Å². The summed E-state index contributed by atoms with van der Waals surface area (Å²) in [4.78, 5) is 0. The molecule has 1 atom stereocenters. The molecule has 0 aromatic heterocycles. The highest BCUT2D eigenvalue weighted by Gasteiger charge is 2.07. The van der Waals surface area contributed by atoms with Crippen molar-refractivity contribution in [3.63, 3.8) is 0 Å². The lowest BCUT2D eigenvalue weighted by Gasteiger charge is -2.15. The summed E-state index contributed by atoms with van der Waals surface area (Å²) < 4.78 is 14.4. The lowest BCUT2D eigenvalue weighted by atomic mass is 9.90. The van der Waals surface area contributed by atoms with Crippen molar-refractivity contribution in [2.24, 2.45) is 0 Å². The SMILES string of the molecule is CCS(=O)OC.Cc1c(C)c(C)c(C)c(C)c1C. The Morgan fingerprint density at radius 3 is 1.06 bits per heavy atom. The van der Waals surface area contributed by atoms with Crippen molar-refractivity contribution in [2.45, 2.75) is 48.5 Å². The minimum Gasteiger partial charge on any atom is -0.294 e. The fourth-order valence-electron chi connectivity index (χ4n) is 1.81. The van der Waals surface area contributed by atoms with Gasteiger partial charge in [0.2, 0.25) is 0 Å². The Balaban J connectivity index is 0.000000411. The van der Waals surface area contributed by atoms with E-state index in [-0.39, 0.29) is 0 Å². The highest BCUT2D eigenvalue weighted by molar-refractivity contribution is 7.80. The highest BCUT2D eigenvalue weighted by Crippen LogP contribution is 2.24. The summed E-state index contributed by atoms with van der Waals surface area (Å²) in [6.45, 7) is 15.1. The van der Waals surface area contributed by atoms with Crippen molar-refractivity contribution in [1.29, 1.82) is 0 Å². The molecular weight excluding hydrogens is 244 g/mol. The van der Waals surface area contributed by atoms with E-state index in [2.05, 4.69) is 45.7 Å². The fourth-order valence-corrected chi connectivity index (χ4v) is 2.04. The molecule has 1 aromatic rings. The molecule has 18 heavy (non-hydrogen) atoms. The summed E-state index contributed by atoms with van der Waals surface area (Å²) in [6.07, 6.45) is 0. The third-order valence-corrected chi connectivity index (χ3v) is 4.64. The first-order valence-electron chi connectivity index (χ1n) is 6.24. The average Bonchev–Trinajstić information content (AvgIpc) is 2.40. The molecule has 0 aliphatic heterocycles. The van der Waals surface area contributed by atoms with Crippen LogP contribution in [-0.2, 0) is 15.3 Å². The second-order valence-electron chi connectivity index (χ2n) is 4.51. The highest BCUT2D eigenvalue weighted by atomic mass is 32.2. The van der Waals surface area contributed by atoms with Gasteiger partial charge < -0.3 is 0 Å². The van der Waals surface area contributed by atoms with Gasteiger partial charge in [0.25, 0.3) is 0 Å². The van der Waals surface area contributed by atoms with Gasteiger partial charge in [-0.15, -0.1) is 0 Å². The fraction of sp³-hybridized carbons (Fsp3) is 0.600. The maximum atomic E-state index is 10.1. The summed E-state index contributed by atoms with van der Waals surface area (Å²) in [5, 5.41) is 0. The minimum absolute atomic E-state index is 0.580. The van der Waals surface area contributed by atoms with E-state index in [1.165, 1.54) is 40.5 Å². The molecule has 0 radical (unpaired) electrons. The molecule has 1 aromatic carbocycles. The largest absolute Gasteiger partial charge is 0.294 e. The van der Waals surface area contributed by atoms with Crippen molar-refractivity contribution in [3.05, 3.63) is 33.4 Å². The van der Waals surface area contributed by atoms with Gasteiger partial charge in [-0.05, 0) is 74.9 Å². The first-order chi connectivity index (χ1) is 8.27. The Bertz CT molecular complexity index is 326. The summed E-state index contributed by atoms with van der Waals surface area (Å²) >= 11 is -1.03. The van der Waals surface area contributed by atoms with Crippen molar-refractivity contribution >= 4 is 11.1 Å². The molecule has 1 rings (SSSR count). The minimum atomic E-state index is -1.03. The van der Waals surface area contributed by atoms with Crippen molar-refractivity contribution < 1.29 is 8.39 Å². The number of benzene rings is 1. The average molecular weight is 270 g/mol. The van der Waals surface area contributed by atoms with Crippen LogP contribution in [-0.4, -0.2) is 17.1 Å². The van der Waals surface area contributed by atoms with E-state index < -0.39 is 11.1 Å². The second kappa shape index (κ2) is 7.70. The second-order valence-corrected chi connectivity index (χ2v) is 6.03. The van der Waals surface area contributed by atoms with E-state index in [0.717, 1.165) is 0 Å². The van der Waals surface area contributed by atoms with Gasteiger partial charge in [-0.2, -0.15) is 0 Å². The van der Waals surface area contributed by atoms with Gasteiger partial charge in [-0.3, -0.25) is 4.18 Å². The van der Waals surface area contributed by atoms with Gasteiger partial charge in [0, 0.05) is 5.75 Å². The van der Waals surface area contributed by atoms with E-state index in [1.54, 1.807) is 6.92 Å². The summed E-state index contributed by atoms with van der Waals surface area (Å²) in [6, 6.07) is 0. The predicted molar refractivity (Wildman–Crippen MR) is 80.6 cm³/mol. The van der Waals surface area contributed by atoms with Gasteiger partial charge in [0.15, 0.2) is 11.1 Å². The van der Waals surface area contributed by atoms with E-state index in [0.29, 0.717) is 5.75 Å². The molecule has 0 aliphatic rings. The van der Waals surface area contributed by atoms with Gasteiger partial charge in [0.05, 0.1) is 7.11 Å². The molecular formula is C15H26O2S. The Morgan fingerprint density at radius 2 is 1.00 bits per heavy atom. The third kappa shape index (κ3) is 4.21. The molecule has 3 heteroatoms. The molecule has 0 saturated carbocycles. The van der Waals surface area contributed by atoms with Crippen molar-refractivity contribution in [1.82, 2.24) is 0 Å². The zero-order valence-corrected chi connectivity index (χ0v) is 13.7. The molecule has 0 heterocycles. The molecule has 2 nitrogen and oxygen atoms in total. The molecule has 0 bridgehead atoms. The maximum absolute atomic E-state index is 10.1. The van der Waals surface area contributed by atoms with E-state index in [1.807, 2.05) is 0 Å². The Hall–Kier alpha value is -0.670. The number of hydrogen-bond donors (Lipinski definition) is 0. The summed E-state index contributed by atoms with van der Waals surface area (Å²) in [5.41, 5.74) is 8.73. The third-order valence-electron chi connectivity index (χ3n) is 3.80. The first kappa shape index (κ1) is 17.3. The van der Waals surface area contributed by atoms with E-state index in [9.17, 15) is 4.21 Å². The van der Waals surface area contributed by atoms with Gasteiger partial charge in [-0.1, -0.05) is 6.92 Å². The van der Waals surface area contributed by atoms with Crippen LogP contribution < -0.4 is 0 Å². The van der Waals surface area contributed by atoms with Crippen LogP contribution in [0.25, 0.3) is 0 Å². The van der Waals surface area contributed by atoms with Gasteiger partial charge in [0.1, 0.15) is 0 Å². The molecule has 1 unspecified atom stereocenters. The van der Waals surface area contributed by atoms with E-state index in [4.69, 9.17) is 0 Å². The predicted octanol–water partition coefficient (Wildman–Crippen LogP) is 3.85. The standard InChI is InChI=1S/C12H18.C3H8O2S/c1-7-8(2)10(4)12(6)11(5)9(7)3;1-3-6(4)5-2/h1-6H3;3H2,1-2H3. The molecule has 0 fully saturated rings. The van der Waals surface area contributed by atoms with Crippen LogP contribution in [0.1, 0.15) is 40.3 Å². The maximum Gasteiger partial charge on any atom is 0.154 e. The Morgan fingerprint density at radius 1 is 0.778 bits per heavy atom. The number of rotatable bonds is 2. The van der Waals surface area contributed by atoms with Crippen LogP contribution in [0.3, 0.4) is 0 Å². The van der Waals surface area contributed by atoms with Gasteiger partial charge in [-0.25, -0.2) is 4.21 Å². The van der Waals surface area contributed by atoms with Crippen molar-refractivity contribution in [3.8, 4) is 0 Å². The topological polar surface area (TPSA) is 26.3 Å². The normalized spacial score (nSPS) is 11.8. The number of hydrogen-bond acceptors (Lipinski definition) is 2. The Kier molecular flexibility index (Phi) is 7.41. The lowest BCUT2D eigenvalue weighted by molar-refractivity contribution is 0.446. The molecule has 0 amide bonds. The van der Waals surface area contributed by atoms with Crippen LogP contribution >= 0.6 is 0 Å². The van der Waals surface area contributed by atoms with E-state index >= 15 is 0 Å². The van der Waals surface area contributed by atoms with Crippen LogP contribution in [0.2, 0.25) is 0 Å². The molecule has 0 spiro atoms. The molecule has 0 saturated heterocycles. The molecule has 0 aliphatic carbocycles.